The first-order chi connectivity index (χ1) is 46.9. The molecule has 10 aromatic rings. The molecule has 3 aliphatic rings. The lowest BCUT2D eigenvalue weighted by Gasteiger charge is -2.17. The predicted octanol–water partition coefficient (Wildman–Crippen LogP) is 16.9. The number of nitrogens with zero attached hydrogens (tertiary/aromatic N) is 5. The van der Waals surface area contributed by atoms with Crippen molar-refractivity contribution in [1.29, 1.82) is 0 Å². The van der Waals surface area contributed by atoms with Gasteiger partial charge >= 0.3 is 0 Å². The first kappa shape index (κ1) is 69.4. The number of aromatic nitrogens is 6. The van der Waals surface area contributed by atoms with Gasteiger partial charge in [0.2, 0.25) is 0 Å². The molecule has 0 saturated heterocycles. The van der Waals surface area contributed by atoms with E-state index in [1.165, 1.54) is 24.3 Å². The standard InChI is InChI=1S/C30H26Cl3N3O.C24H26FN3O3S.C23H24FN3O/c1-19(21-7-3-2-4-8-21)34-30(37)28-25-10-6-5-9-22(17-20-11-13-23(31)14-12-20)29(25)36(35-28)27-16-15-24(32)18-26(27)33;1-32(30,31)28-23-19(15-17-11-13-20(25)14-12-17)9-5-6-10-21(23)22(27-28)24(29)26-16-18-7-3-2-4-8-18;24-19-12-10-16(11-13-19)14-18-8-4-5-9-20-21(18)26-27-22(20)23(28)25-15-17-6-2-1-3-7-17/h2-4,7-8,11-19H,5-6,9-10H2,1H3,(H,34,37);2-4,7-8,11-14,19H,5-6,9-10,15-16H2,1H3,(H,26,29);1-3,6-7,10-13,18H,4-5,8-9,14-15H2,(H,25,28)(H,26,27)/b22-17+;;/t19-;;/m1../s1. The van der Waals surface area contributed by atoms with Crippen molar-refractivity contribution in [3.63, 3.8) is 0 Å². The Kier molecular flexibility index (Phi) is 23.1. The van der Waals surface area contributed by atoms with Crippen molar-refractivity contribution in [2.24, 2.45) is 0 Å². The minimum atomic E-state index is -3.71. The lowest BCUT2D eigenvalue weighted by Crippen LogP contribution is -2.28. The van der Waals surface area contributed by atoms with Crippen LogP contribution in [0.3, 0.4) is 0 Å². The molecule has 3 aliphatic carbocycles. The molecule has 0 spiro atoms. The average molecular weight is 1380 g/mol. The van der Waals surface area contributed by atoms with E-state index >= 15 is 0 Å². The Hall–Kier alpha value is -9.00. The second-order valence-corrected chi connectivity index (χ2v) is 28.0. The number of aromatic amines is 1. The minimum absolute atomic E-state index is 0.129. The van der Waals surface area contributed by atoms with Crippen LogP contribution in [0.1, 0.15) is 181 Å². The van der Waals surface area contributed by atoms with E-state index in [9.17, 15) is 31.6 Å². The SMILES string of the molecule is CS(=O)(=O)n1nc(C(=O)NCc2ccccc2)c2c1C(Cc1ccc(F)cc1)CCCC2.C[C@@H](NC(=O)c1nn(-c2ccc(Cl)cc2Cl)c2c1CCCC/C2=C\c1ccc(Cl)cc1)c1ccccc1.O=C(NCc1ccccc1)c1n[nH]c2c1CCCCC2Cc1ccc(F)cc1. The summed E-state index contributed by atoms with van der Waals surface area (Å²) in [6.45, 7) is 2.80. The number of hydrogen-bond acceptors (Lipinski definition) is 8. The van der Waals surface area contributed by atoms with Gasteiger partial charge < -0.3 is 16.0 Å². The summed E-state index contributed by atoms with van der Waals surface area (Å²) in [6, 6.07) is 55.1. The van der Waals surface area contributed by atoms with Crippen molar-refractivity contribution in [3.05, 3.63) is 293 Å². The van der Waals surface area contributed by atoms with Gasteiger partial charge in [-0.1, -0.05) is 175 Å². The number of fused-ring (bicyclic) bond motifs is 3. The Bertz CT molecular complexity index is 4510. The van der Waals surface area contributed by atoms with Crippen LogP contribution in [0.4, 0.5) is 8.78 Å². The molecule has 0 radical (unpaired) electrons. The molecule has 3 amide bonds. The van der Waals surface area contributed by atoms with E-state index in [0.29, 0.717) is 69.3 Å². The molecular formula is C77H76Cl3F2N9O5S. The van der Waals surface area contributed by atoms with Gasteiger partial charge in [-0.05, 0) is 184 Å². The monoisotopic (exact) mass is 1380 g/mol. The van der Waals surface area contributed by atoms with Gasteiger partial charge in [-0.2, -0.15) is 19.4 Å². The number of carbonyl (C=O) groups is 3. The van der Waals surface area contributed by atoms with Gasteiger partial charge in [0.1, 0.15) is 11.6 Å². The van der Waals surface area contributed by atoms with E-state index in [-0.39, 0.29) is 52.9 Å². The van der Waals surface area contributed by atoms with Crippen molar-refractivity contribution in [2.75, 3.05) is 6.26 Å². The molecule has 0 fully saturated rings. The van der Waals surface area contributed by atoms with Gasteiger partial charge in [-0.15, -0.1) is 0 Å². The maximum Gasteiger partial charge on any atom is 0.272 e. The average Bonchev–Trinajstić information content (AvgIpc) is 1.62. The molecule has 7 aromatic carbocycles. The third-order valence-electron chi connectivity index (χ3n) is 17.9. The van der Waals surface area contributed by atoms with Gasteiger partial charge in [0.15, 0.2) is 17.1 Å². The zero-order chi connectivity index (χ0) is 68.0. The van der Waals surface area contributed by atoms with E-state index in [4.69, 9.17) is 39.9 Å². The maximum atomic E-state index is 13.6. The van der Waals surface area contributed by atoms with Crippen molar-refractivity contribution in [2.45, 2.75) is 128 Å². The van der Waals surface area contributed by atoms with Crippen molar-refractivity contribution in [3.8, 4) is 5.69 Å². The highest BCUT2D eigenvalue weighted by molar-refractivity contribution is 7.89. The van der Waals surface area contributed by atoms with E-state index in [2.05, 4.69) is 37.3 Å². The quantitative estimate of drug-likeness (QED) is 0.0688. The molecule has 0 bridgehead atoms. The van der Waals surface area contributed by atoms with E-state index in [1.807, 2.05) is 145 Å². The number of H-pyrrole nitrogens is 1. The Labute approximate surface area is 579 Å². The fourth-order valence-electron chi connectivity index (χ4n) is 13.0. The van der Waals surface area contributed by atoms with E-state index in [1.54, 1.807) is 24.3 Å². The van der Waals surface area contributed by atoms with Gasteiger partial charge in [0.05, 0.1) is 34.4 Å². The number of nitrogens with one attached hydrogen (secondary N) is 4. The summed E-state index contributed by atoms with van der Waals surface area (Å²) in [7, 11) is -3.71. The summed E-state index contributed by atoms with van der Waals surface area (Å²) in [5.41, 5.74) is 14.2. The lowest BCUT2D eigenvalue weighted by atomic mass is 9.91. The molecule has 3 atom stereocenters. The summed E-state index contributed by atoms with van der Waals surface area (Å²) in [5.74, 6) is -1.11. The van der Waals surface area contributed by atoms with Gasteiger partial charge in [0, 0.05) is 57.4 Å². The van der Waals surface area contributed by atoms with Crippen LogP contribution in [-0.2, 0) is 55.2 Å². The molecule has 14 nitrogen and oxygen atoms in total. The normalized spacial score (nSPS) is 15.8. The molecular weight excluding hydrogens is 1310 g/mol. The van der Waals surface area contributed by atoms with Crippen LogP contribution in [0, 0.1) is 11.6 Å². The van der Waals surface area contributed by atoms with Crippen LogP contribution in [0.25, 0.3) is 17.3 Å². The maximum absolute atomic E-state index is 13.6. The van der Waals surface area contributed by atoms with Crippen LogP contribution < -0.4 is 16.0 Å². The molecule has 4 N–H and O–H groups in total. The summed E-state index contributed by atoms with van der Waals surface area (Å²) in [6.07, 6.45) is 15.4. The Morgan fingerprint density at radius 3 is 1.69 bits per heavy atom. The number of benzene rings is 7. The molecule has 2 unspecified atom stereocenters. The van der Waals surface area contributed by atoms with E-state index < -0.39 is 10.0 Å². The first-order valence-corrected chi connectivity index (χ1v) is 35.8. The zero-order valence-electron chi connectivity index (χ0n) is 54.0. The predicted molar refractivity (Wildman–Crippen MR) is 380 cm³/mol. The minimum Gasteiger partial charge on any atom is -0.347 e. The molecule has 13 rings (SSSR count). The number of amides is 3. The second-order valence-electron chi connectivity index (χ2n) is 24.9. The van der Waals surface area contributed by atoms with Crippen LogP contribution in [0.5, 0.6) is 0 Å². The highest BCUT2D eigenvalue weighted by Crippen LogP contribution is 2.39. The van der Waals surface area contributed by atoms with Crippen LogP contribution >= 0.6 is 34.8 Å². The van der Waals surface area contributed by atoms with Crippen LogP contribution in [0.15, 0.2) is 182 Å². The van der Waals surface area contributed by atoms with Crippen molar-refractivity contribution >= 4 is 74.2 Å². The van der Waals surface area contributed by atoms with Crippen molar-refractivity contribution < 1.29 is 31.6 Å². The smallest absolute Gasteiger partial charge is 0.272 e. The molecule has 20 heteroatoms. The molecule has 3 heterocycles. The fraction of sp³-hybridized carbons (Fsp3) is 0.273. The third-order valence-corrected chi connectivity index (χ3v) is 19.6. The molecule has 3 aromatic heterocycles. The summed E-state index contributed by atoms with van der Waals surface area (Å²) in [5, 5.41) is 27.3. The molecule has 0 aliphatic heterocycles. The fourth-order valence-corrected chi connectivity index (χ4v) is 14.5. The summed E-state index contributed by atoms with van der Waals surface area (Å²) < 4.78 is 54.6. The highest BCUT2D eigenvalue weighted by Gasteiger charge is 2.34. The zero-order valence-corrected chi connectivity index (χ0v) is 57.1. The molecule has 97 heavy (non-hydrogen) atoms. The Morgan fingerprint density at radius 2 is 1.09 bits per heavy atom. The van der Waals surface area contributed by atoms with Gasteiger partial charge in [-0.3, -0.25) is 19.5 Å². The Morgan fingerprint density at radius 1 is 0.577 bits per heavy atom. The first-order valence-electron chi connectivity index (χ1n) is 32.9. The number of allylic oxidation sites excluding steroid dienone is 1. The second kappa shape index (κ2) is 32.4. The highest BCUT2D eigenvalue weighted by atomic mass is 35.5. The molecule has 0 saturated carbocycles. The Balaban J connectivity index is 0.000000149. The molecule has 500 valence electrons. The van der Waals surface area contributed by atoms with Gasteiger partial charge in [-0.25, -0.2) is 21.9 Å². The number of halogens is 5. The van der Waals surface area contributed by atoms with Crippen LogP contribution in [-0.4, -0.2) is 61.6 Å². The van der Waals surface area contributed by atoms with Crippen LogP contribution in [0.2, 0.25) is 15.1 Å². The topological polar surface area (TPSA) is 186 Å². The third kappa shape index (κ3) is 17.8. The van der Waals surface area contributed by atoms with Crippen molar-refractivity contribution in [1.82, 2.24) is 45.1 Å². The lowest BCUT2D eigenvalue weighted by molar-refractivity contribution is 0.0928. The van der Waals surface area contributed by atoms with E-state index in [0.717, 1.165) is 149 Å². The largest absolute Gasteiger partial charge is 0.347 e. The summed E-state index contributed by atoms with van der Waals surface area (Å²) >= 11 is 19.0. The number of rotatable bonds is 16. The summed E-state index contributed by atoms with van der Waals surface area (Å²) in [4.78, 5) is 39.4. The number of carbonyl (C=O) groups excluding carboxylic acids is 3. The number of hydrogen-bond donors (Lipinski definition) is 4. The van der Waals surface area contributed by atoms with Gasteiger partial charge in [0.25, 0.3) is 27.7 Å².